The van der Waals surface area contributed by atoms with E-state index in [0.29, 0.717) is 11.4 Å². The van der Waals surface area contributed by atoms with Gasteiger partial charge in [0.2, 0.25) is 5.91 Å². The van der Waals surface area contributed by atoms with Crippen LogP contribution in [0.1, 0.15) is 44.1 Å². The zero-order valence-corrected chi connectivity index (χ0v) is 13.3. The molecule has 0 unspecified atom stereocenters. The first-order valence-corrected chi connectivity index (χ1v) is 8.17. The summed E-state index contributed by atoms with van der Waals surface area (Å²) in [6.07, 6.45) is 5.51. The van der Waals surface area contributed by atoms with E-state index in [-0.39, 0.29) is 18.4 Å². The lowest BCUT2D eigenvalue weighted by Crippen LogP contribution is -2.42. The van der Waals surface area contributed by atoms with Crippen LogP contribution in [0, 0.1) is 5.92 Å². The molecule has 120 valence electrons. The van der Waals surface area contributed by atoms with Crippen LogP contribution in [-0.4, -0.2) is 17.9 Å². The van der Waals surface area contributed by atoms with E-state index in [2.05, 4.69) is 5.32 Å². The molecule has 5 heteroatoms. The predicted octanol–water partition coefficient (Wildman–Crippen LogP) is 2.09. The maximum absolute atomic E-state index is 12.4. The summed E-state index contributed by atoms with van der Waals surface area (Å²) in [5.41, 5.74) is 0.898. The van der Waals surface area contributed by atoms with Crippen LogP contribution in [0.4, 0.5) is 0 Å². The Labute approximate surface area is 135 Å². The van der Waals surface area contributed by atoms with E-state index in [0.717, 1.165) is 31.2 Å². The molecule has 0 aromatic heterocycles. The number of carboxylic acids is 1. The fraction of sp³-hybridized carbons (Fsp3) is 0.529. The first-order valence-electron chi connectivity index (χ1n) is 7.79. The molecule has 0 bridgehead atoms. The quantitative estimate of drug-likeness (QED) is 0.872. The van der Waals surface area contributed by atoms with Crippen LogP contribution >= 0.6 is 11.6 Å². The van der Waals surface area contributed by atoms with Gasteiger partial charge < -0.3 is 15.2 Å². The van der Waals surface area contributed by atoms with Gasteiger partial charge in [0.25, 0.3) is 0 Å². The molecule has 1 atom stereocenters. The molecular formula is C17H21ClNO3-. The van der Waals surface area contributed by atoms with Gasteiger partial charge in [0, 0.05) is 23.0 Å². The maximum Gasteiger partial charge on any atom is 0.224 e. The summed E-state index contributed by atoms with van der Waals surface area (Å²) in [4.78, 5) is 23.3. The Hall–Kier alpha value is -1.55. The Kier molecular flexibility index (Phi) is 6.25. The van der Waals surface area contributed by atoms with Crippen molar-refractivity contribution in [1.82, 2.24) is 5.32 Å². The third-order valence-corrected chi connectivity index (χ3v) is 4.38. The highest BCUT2D eigenvalue weighted by atomic mass is 35.5. The van der Waals surface area contributed by atoms with Crippen molar-refractivity contribution >= 4 is 23.5 Å². The normalized spacial score (nSPS) is 17.0. The highest BCUT2D eigenvalue weighted by Gasteiger charge is 2.23. The molecule has 22 heavy (non-hydrogen) atoms. The zero-order valence-electron chi connectivity index (χ0n) is 12.5. The number of carboxylic acid groups (broad SMARTS) is 1. The topological polar surface area (TPSA) is 69.2 Å². The second-order valence-electron chi connectivity index (χ2n) is 5.95. The molecule has 1 aromatic rings. The first-order chi connectivity index (χ1) is 10.5. The largest absolute Gasteiger partial charge is 0.550 e. The fourth-order valence-corrected chi connectivity index (χ4v) is 3.06. The number of hydrogen-bond acceptors (Lipinski definition) is 3. The Morgan fingerprint density at radius 2 is 1.82 bits per heavy atom. The second kappa shape index (κ2) is 8.18. The van der Waals surface area contributed by atoms with Crippen molar-refractivity contribution in [2.24, 2.45) is 5.92 Å². The van der Waals surface area contributed by atoms with Crippen LogP contribution in [0.25, 0.3) is 0 Å². The van der Waals surface area contributed by atoms with Gasteiger partial charge in [-0.05, 0) is 43.4 Å². The van der Waals surface area contributed by atoms with Crippen molar-refractivity contribution in [3.8, 4) is 0 Å². The van der Waals surface area contributed by atoms with Gasteiger partial charge in [-0.2, -0.15) is 0 Å². The Morgan fingerprint density at radius 1 is 1.18 bits per heavy atom. The number of carbonyl (C=O) groups excluding carboxylic acids is 2. The molecule has 0 spiro atoms. The summed E-state index contributed by atoms with van der Waals surface area (Å²) < 4.78 is 0. The van der Waals surface area contributed by atoms with E-state index in [9.17, 15) is 14.7 Å². The van der Waals surface area contributed by atoms with Gasteiger partial charge >= 0.3 is 0 Å². The number of benzene rings is 1. The second-order valence-corrected chi connectivity index (χ2v) is 6.38. The van der Waals surface area contributed by atoms with Crippen LogP contribution in [0.5, 0.6) is 0 Å². The Bertz CT molecular complexity index is 509. The number of hydrogen-bond donors (Lipinski definition) is 1. The lowest BCUT2D eigenvalue weighted by Gasteiger charge is -2.26. The molecule has 1 amide bonds. The van der Waals surface area contributed by atoms with Gasteiger partial charge in [0.05, 0.1) is 0 Å². The monoisotopic (exact) mass is 322 g/mol. The van der Waals surface area contributed by atoms with E-state index in [4.69, 9.17) is 11.6 Å². The van der Waals surface area contributed by atoms with Gasteiger partial charge in [0.15, 0.2) is 0 Å². The van der Waals surface area contributed by atoms with Crippen molar-refractivity contribution in [3.63, 3.8) is 0 Å². The summed E-state index contributed by atoms with van der Waals surface area (Å²) in [6.45, 7) is 0. The highest BCUT2D eigenvalue weighted by Crippen LogP contribution is 2.20. The average molecular weight is 323 g/mol. The molecule has 4 nitrogen and oxygen atoms in total. The summed E-state index contributed by atoms with van der Waals surface area (Å²) in [5, 5.41) is 14.6. The van der Waals surface area contributed by atoms with E-state index in [1.165, 1.54) is 6.42 Å². The van der Waals surface area contributed by atoms with Gasteiger partial charge in [0.1, 0.15) is 0 Å². The van der Waals surface area contributed by atoms with Gasteiger partial charge in [-0.25, -0.2) is 0 Å². The number of halogens is 1. The highest BCUT2D eigenvalue weighted by molar-refractivity contribution is 6.30. The molecule has 0 heterocycles. The van der Waals surface area contributed by atoms with Crippen LogP contribution < -0.4 is 10.4 Å². The van der Waals surface area contributed by atoms with Crippen LogP contribution in [0.2, 0.25) is 5.02 Å². The molecule has 1 aromatic carbocycles. The number of nitrogens with one attached hydrogen (secondary N) is 1. The maximum atomic E-state index is 12.4. The molecule has 0 aliphatic heterocycles. The Balaban J connectivity index is 1.99. The summed E-state index contributed by atoms with van der Waals surface area (Å²) in [5.74, 6) is -1.99. The molecular weight excluding hydrogens is 302 g/mol. The van der Waals surface area contributed by atoms with Gasteiger partial charge in [-0.3, -0.25) is 4.79 Å². The van der Waals surface area contributed by atoms with Crippen molar-refractivity contribution in [2.45, 2.75) is 51.0 Å². The van der Waals surface area contributed by atoms with Crippen LogP contribution in [0.3, 0.4) is 0 Å². The lowest BCUT2D eigenvalue weighted by atomic mass is 9.92. The lowest BCUT2D eigenvalue weighted by molar-refractivity contribution is -0.306. The molecule has 0 radical (unpaired) electrons. The van der Waals surface area contributed by atoms with Crippen LogP contribution in [-0.2, 0) is 16.0 Å². The van der Waals surface area contributed by atoms with E-state index in [1.54, 1.807) is 12.1 Å². The van der Waals surface area contributed by atoms with Gasteiger partial charge in [-0.1, -0.05) is 43.0 Å². The third-order valence-electron chi connectivity index (χ3n) is 4.13. The van der Waals surface area contributed by atoms with E-state index in [1.807, 2.05) is 12.1 Å². The van der Waals surface area contributed by atoms with Crippen molar-refractivity contribution in [2.75, 3.05) is 0 Å². The Morgan fingerprint density at radius 3 is 2.41 bits per heavy atom. The van der Waals surface area contributed by atoms with Crippen molar-refractivity contribution in [3.05, 3.63) is 34.9 Å². The smallest absolute Gasteiger partial charge is 0.224 e. The summed E-state index contributed by atoms with van der Waals surface area (Å²) in [7, 11) is 0. The molecule has 1 aliphatic carbocycles. The van der Waals surface area contributed by atoms with Gasteiger partial charge in [-0.15, -0.1) is 0 Å². The molecule has 2 rings (SSSR count). The third kappa shape index (κ3) is 5.34. The van der Waals surface area contributed by atoms with Crippen molar-refractivity contribution < 1.29 is 14.7 Å². The molecule has 1 aliphatic rings. The van der Waals surface area contributed by atoms with E-state index < -0.39 is 11.9 Å². The fourth-order valence-electron chi connectivity index (χ4n) is 2.93. The minimum Gasteiger partial charge on any atom is -0.550 e. The standard InChI is InChI=1S/C17H22ClNO3/c18-14-8-6-12(7-9-14)10-13(11-16(20)21)17(22)19-15-4-2-1-3-5-15/h6-9,13,15H,1-5,10-11H2,(H,19,22)(H,20,21)/p-1/t13-/m0/s1. The van der Waals surface area contributed by atoms with Crippen molar-refractivity contribution in [1.29, 1.82) is 0 Å². The number of carbonyl (C=O) groups is 2. The molecule has 1 saturated carbocycles. The predicted molar refractivity (Wildman–Crippen MR) is 83.3 cm³/mol. The summed E-state index contributed by atoms with van der Waals surface area (Å²) >= 11 is 5.84. The molecule has 1 fully saturated rings. The summed E-state index contributed by atoms with van der Waals surface area (Å²) in [6, 6.07) is 7.30. The SMILES string of the molecule is O=C([O-])C[C@H](Cc1ccc(Cl)cc1)C(=O)NC1CCCCC1. The number of rotatable bonds is 6. The first kappa shape index (κ1) is 16.8. The van der Waals surface area contributed by atoms with Crippen LogP contribution in [0.15, 0.2) is 24.3 Å². The number of aliphatic carboxylic acids is 1. The van der Waals surface area contributed by atoms with E-state index >= 15 is 0 Å². The average Bonchev–Trinajstić information content (AvgIpc) is 2.49. The number of amides is 1. The molecule has 0 saturated heterocycles. The molecule has 1 N–H and O–H groups in total. The minimum absolute atomic E-state index is 0.177. The minimum atomic E-state index is -1.20. The zero-order chi connectivity index (χ0) is 15.9.